The van der Waals surface area contributed by atoms with E-state index in [9.17, 15) is 5.11 Å². The van der Waals surface area contributed by atoms with Gasteiger partial charge < -0.3 is 5.11 Å². The van der Waals surface area contributed by atoms with Crippen LogP contribution in [-0.4, -0.2) is 24.7 Å². The third-order valence-corrected chi connectivity index (χ3v) is 4.39. The summed E-state index contributed by atoms with van der Waals surface area (Å²) < 4.78 is 4.80. The molecule has 0 bridgehead atoms. The van der Waals surface area contributed by atoms with Crippen LogP contribution in [0.3, 0.4) is 0 Å². The fourth-order valence-corrected chi connectivity index (χ4v) is 3.12. The minimum atomic E-state index is -0.569. The first-order valence-corrected chi connectivity index (χ1v) is 7.85. The number of hydrogen-bond donors (Lipinski definition) is 1. The number of nitrogens with zero attached hydrogens (tertiary/aromatic N) is 4. The lowest BCUT2D eigenvalue weighted by Gasteiger charge is -2.13. The van der Waals surface area contributed by atoms with Gasteiger partial charge in [-0.2, -0.15) is 10.2 Å². The van der Waals surface area contributed by atoms with E-state index >= 15 is 0 Å². The van der Waals surface area contributed by atoms with E-state index in [1.54, 1.807) is 6.20 Å². The summed E-state index contributed by atoms with van der Waals surface area (Å²) in [6.45, 7) is 7.72. The van der Waals surface area contributed by atoms with Gasteiger partial charge in [-0.1, -0.05) is 6.92 Å². The molecule has 0 saturated heterocycles. The molecule has 0 fully saturated rings. The fraction of sp³-hybridized carbons (Fsp3) is 0.571. The van der Waals surface area contributed by atoms with Crippen LogP contribution in [0.2, 0.25) is 0 Å². The monoisotopic (exact) mass is 340 g/mol. The van der Waals surface area contributed by atoms with Crippen molar-refractivity contribution >= 4 is 15.9 Å². The summed E-state index contributed by atoms with van der Waals surface area (Å²) >= 11 is 3.61. The number of rotatable bonds is 6. The van der Waals surface area contributed by atoms with E-state index in [-0.39, 0.29) is 0 Å². The maximum absolute atomic E-state index is 10.5. The van der Waals surface area contributed by atoms with Gasteiger partial charge in [0, 0.05) is 25.7 Å². The summed E-state index contributed by atoms with van der Waals surface area (Å²) in [6.07, 6.45) is 2.57. The van der Waals surface area contributed by atoms with Gasteiger partial charge in [0.25, 0.3) is 0 Å². The number of aryl methyl sites for hydroxylation is 3. The molecule has 0 aliphatic carbocycles. The molecule has 0 radical (unpaired) electrons. The molecule has 0 amide bonds. The van der Waals surface area contributed by atoms with Crippen LogP contribution < -0.4 is 0 Å². The molecule has 2 rings (SSSR count). The summed E-state index contributed by atoms with van der Waals surface area (Å²) in [6, 6.07) is 1.87. The van der Waals surface area contributed by atoms with Gasteiger partial charge in [-0.3, -0.25) is 9.36 Å². The summed E-state index contributed by atoms with van der Waals surface area (Å²) in [5.74, 6) is 0. The Labute approximate surface area is 127 Å². The third-order valence-electron chi connectivity index (χ3n) is 3.47. The average molecular weight is 341 g/mol. The normalized spacial score (nSPS) is 12.8. The van der Waals surface area contributed by atoms with Crippen LogP contribution in [0.5, 0.6) is 0 Å². The lowest BCUT2D eigenvalue weighted by Crippen LogP contribution is -2.13. The molecule has 0 aliphatic heterocycles. The Morgan fingerprint density at radius 3 is 2.55 bits per heavy atom. The highest BCUT2D eigenvalue weighted by atomic mass is 79.9. The van der Waals surface area contributed by atoms with E-state index in [0.29, 0.717) is 6.42 Å². The molecule has 1 unspecified atom stereocenters. The zero-order chi connectivity index (χ0) is 14.7. The first-order valence-electron chi connectivity index (χ1n) is 7.06. The number of aliphatic hydroxyl groups is 1. The van der Waals surface area contributed by atoms with Crippen molar-refractivity contribution in [3.8, 4) is 0 Å². The molecule has 20 heavy (non-hydrogen) atoms. The van der Waals surface area contributed by atoms with E-state index in [0.717, 1.165) is 41.1 Å². The predicted molar refractivity (Wildman–Crippen MR) is 81.5 cm³/mol. The Hall–Kier alpha value is -1.14. The van der Waals surface area contributed by atoms with Crippen LogP contribution in [-0.2, 0) is 25.9 Å². The Kier molecular flexibility index (Phi) is 4.99. The SMILES string of the molecule is CCc1nn(CC)c(CC(O)c2ccnn2CC)c1Br. The lowest BCUT2D eigenvalue weighted by atomic mass is 10.1. The zero-order valence-electron chi connectivity index (χ0n) is 12.2. The number of aliphatic hydroxyl groups excluding tert-OH is 1. The van der Waals surface area contributed by atoms with Crippen LogP contribution >= 0.6 is 15.9 Å². The molecule has 0 spiro atoms. The lowest BCUT2D eigenvalue weighted by molar-refractivity contribution is 0.164. The van der Waals surface area contributed by atoms with Crippen molar-refractivity contribution in [1.82, 2.24) is 19.6 Å². The molecule has 2 aromatic heterocycles. The van der Waals surface area contributed by atoms with Crippen LogP contribution in [0.25, 0.3) is 0 Å². The van der Waals surface area contributed by atoms with Crippen LogP contribution in [0, 0.1) is 0 Å². The second-order valence-electron chi connectivity index (χ2n) is 4.67. The van der Waals surface area contributed by atoms with Crippen molar-refractivity contribution < 1.29 is 5.11 Å². The molecule has 0 saturated carbocycles. The molecule has 1 N–H and O–H groups in total. The van der Waals surface area contributed by atoms with Crippen molar-refractivity contribution in [2.75, 3.05) is 0 Å². The maximum atomic E-state index is 10.5. The fourth-order valence-electron chi connectivity index (χ4n) is 2.39. The van der Waals surface area contributed by atoms with E-state index in [4.69, 9.17) is 0 Å². The smallest absolute Gasteiger partial charge is 0.101 e. The molecule has 5 nitrogen and oxygen atoms in total. The second kappa shape index (κ2) is 6.54. The largest absolute Gasteiger partial charge is 0.386 e. The first-order chi connectivity index (χ1) is 9.62. The number of hydrogen-bond acceptors (Lipinski definition) is 3. The number of halogens is 1. The van der Waals surface area contributed by atoms with Gasteiger partial charge >= 0.3 is 0 Å². The standard InChI is InChI=1S/C14H21BrN4O/c1-4-10-14(15)12(19(6-3)17-10)9-13(20)11-7-8-16-18(11)5-2/h7-8,13,20H,4-6,9H2,1-3H3. The zero-order valence-corrected chi connectivity index (χ0v) is 13.8. The van der Waals surface area contributed by atoms with Gasteiger partial charge in [-0.25, -0.2) is 0 Å². The Morgan fingerprint density at radius 1 is 1.25 bits per heavy atom. The van der Waals surface area contributed by atoms with Crippen molar-refractivity contribution in [3.05, 3.63) is 33.8 Å². The van der Waals surface area contributed by atoms with Crippen LogP contribution in [0.15, 0.2) is 16.7 Å². The van der Waals surface area contributed by atoms with Crippen molar-refractivity contribution in [1.29, 1.82) is 0 Å². The molecular weight excluding hydrogens is 320 g/mol. The maximum Gasteiger partial charge on any atom is 0.101 e. The van der Waals surface area contributed by atoms with E-state index in [1.165, 1.54) is 0 Å². The molecule has 1 atom stereocenters. The highest BCUT2D eigenvalue weighted by Crippen LogP contribution is 2.27. The van der Waals surface area contributed by atoms with Crippen molar-refractivity contribution in [2.45, 2.75) is 52.8 Å². The Bertz CT molecular complexity index is 576. The summed E-state index contributed by atoms with van der Waals surface area (Å²) in [5.41, 5.74) is 2.93. The van der Waals surface area contributed by atoms with Crippen LogP contribution in [0.1, 0.15) is 44.0 Å². The molecule has 2 aromatic rings. The topological polar surface area (TPSA) is 55.9 Å². The minimum absolute atomic E-state index is 0.535. The highest BCUT2D eigenvalue weighted by Gasteiger charge is 2.20. The van der Waals surface area contributed by atoms with E-state index in [1.807, 2.05) is 22.4 Å². The first kappa shape index (κ1) is 15.3. The van der Waals surface area contributed by atoms with Gasteiger partial charge in [-0.15, -0.1) is 0 Å². The Balaban J connectivity index is 2.27. The molecule has 110 valence electrons. The summed E-state index contributed by atoms with van der Waals surface area (Å²) in [7, 11) is 0. The second-order valence-corrected chi connectivity index (χ2v) is 5.46. The quantitative estimate of drug-likeness (QED) is 0.879. The summed E-state index contributed by atoms with van der Waals surface area (Å²) in [4.78, 5) is 0. The molecule has 0 aliphatic rings. The van der Waals surface area contributed by atoms with Gasteiger partial charge in [0.1, 0.15) is 6.10 Å². The molecule has 6 heteroatoms. The van der Waals surface area contributed by atoms with E-state index in [2.05, 4.69) is 40.0 Å². The number of aromatic nitrogens is 4. The van der Waals surface area contributed by atoms with Gasteiger partial charge in [0.05, 0.1) is 21.6 Å². The Morgan fingerprint density at radius 2 is 1.95 bits per heavy atom. The molecule has 2 heterocycles. The van der Waals surface area contributed by atoms with Gasteiger partial charge in [-0.05, 0) is 42.3 Å². The minimum Gasteiger partial charge on any atom is -0.386 e. The highest BCUT2D eigenvalue weighted by molar-refractivity contribution is 9.10. The van der Waals surface area contributed by atoms with Crippen molar-refractivity contribution in [2.24, 2.45) is 0 Å². The van der Waals surface area contributed by atoms with Crippen LogP contribution in [0.4, 0.5) is 0 Å². The average Bonchev–Trinajstić information content (AvgIpc) is 3.04. The molecular formula is C14H21BrN4O. The van der Waals surface area contributed by atoms with Gasteiger partial charge in [0.15, 0.2) is 0 Å². The van der Waals surface area contributed by atoms with Gasteiger partial charge in [0.2, 0.25) is 0 Å². The third kappa shape index (κ3) is 2.81. The van der Waals surface area contributed by atoms with E-state index < -0.39 is 6.10 Å². The summed E-state index contributed by atoms with van der Waals surface area (Å²) in [5, 5.41) is 19.2. The van der Waals surface area contributed by atoms with Crippen molar-refractivity contribution in [3.63, 3.8) is 0 Å². The predicted octanol–water partition coefficient (Wildman–Crippen LogP) is 2.72. The molecule has 0 aromatic carbocycles.